The highest BCUT2D eigenvalue weighted by Crippen LogP contribution is 2.29. The SMILES string of the molecule is CCc1ccccc1OCCN1C[C@H]2CC[C@@H](C1)N(CCOC)C2=O. The average molecular weight is 346 g/mol. The van der Waals surface area contributed by atoms with Gasteiger partial charge in [-0.3, -0.25) is 9.69 Å². The smallest absolute Gasteiger partial charge is 0.227 e. The Balaban J connectivity index is 1.55. The van der Waals surface area contributed by atoms with Crippen LogP contribution in [-0.2, 0) is 16.0 Å². The summed E-state index contributed by atoms with van der Waals surface area (Å²) < 4.78 is 11.2. The van der Waals surface area contributed by atoms with Gasteiger partial charge in [0.25, 0.3) is 0 Å². The molecular formula is C20H30N2O3. The second-order valence-electron chi connectivity index (χ2n) is 7.02. The van der Waals surface area contributed by atoms with Crippen molar-refractivity contribution < 1.29 is 14.3 Å². The number of aryl methyl sites for hydroxylation is 1. The van der Waals surface area contributed by atoms with Crippen LogP contribution >= 0.6 is 0 Å². The number of benzene rings is 1. The number of nitrogens with zero attached hydrogens (tertiary/aromatic N) is 2. The molecule has 3 heterocycles. The lowest BCUT2D eigenvalue weighted by atomic mass is 9.94. The fourth-order valence-electron chi connectivity index (χ4n) is 4.02. The molecule has 0 radical (unpaired) electrons. The van der Waals surface area contributed by atoms with E-state index in [0.29, 0.717) is 31.7 Å². The van der Waals surface area contributed by atoms with Crippen LogP contribution in [0.15, 0.2) is 24.3 Å². The molecule has 3 aliphatic heterocycles. The summed E-state index contributed by atoms with van der Waals surface area (Å²) in [6.45, 7) is 6.83. The molecule has 3 saturated heterocycles. The van der Waals surface area contributed by atoms with Crippen molar-refractivity contribution in [3.63, 3.8) is 0 Å². The zero-order valence-corrected chi connectivity index (χ0v) is 15.4. The molecule has 0 unspecified atom stereocenters. The number of ether oxygens (including phenoxy) is 2. The van der Waals surface area contributed by atoms with Crippen molar-refractivity contribution in [1.29, 1.82) is 0 Å². The van der Waals surface area contributed by atoms with Gasteiger partial charge in [-0.2, -0.15) is 0 Å². The van der Waals surface area contributed by atoms with Gasteiger partial charge in [-0.25, -0.2) is 0 Å². The van der Waals surface area contributed by atoms with E-state index < -0.39 is 0 Å². The number of fused-ring (bicyclic) bond motifs is 4. The van der Waals surface area contributed by atoms with Gasteiger partial charge in [-0.15, -0.1) is 0 Å². The minimum atomic E-state index is 0.138. The number of rotatable bonds is 8. The molecule has 1 amide bonds. The molecule has 4 rings (SSSR count). The molecule has 3 aliphatic rings. The van der Waals surface area contributed by atoms with Gasteiger partial charge in [0, 0.05) is 39.3 Å². The molecule has 5 heteroatoms. The standard InChI is InChI=1S/C20H30N2O3/c1-3-16-6-4-5-7-19(16)25-13-10-21-14-17-8-9-18(15-21)22(20(17)23)11-12-24-2/h4-7,17-18H,3,8-15H2,1-2H3/t17-,18+/m1/s1. The highest BCUT2D eigenvalue weighted by Gasteiger charge is 2.40. The van der Waals surface area contributed by atoms with Gasteiger partial charge in [-0.05, 0) is 30.9 Å². The minimum absolute atomic E-state index is 0.138. The number of para-hydroxylation sites is 1. The van der Waals surface area contributed by atoms with E-state index >= 15 is 0 Å². The fraction of sp³-hybridized carbons (Fsp3) is 0.650. The molecule has 25 heavy (non-hydrogen) atoms. The summed E-state index contributed by atoms with van der Waals surface area (Å²) in [7, 11) is 1.69. The molecule has 3 fully saturated rings. The van der Waals surface area contributed by atoms with E-state index in [1.165, 1.54) is 5.56 Å². The van der Waals surface area contributed by atoms with E-state index in [-0.39, 0.29) is 5.92 Å². The largest absolute Gasteiger partial charge is 0.492 e. The number of hydrogen-bond acceptors (Lipinski definition) is 4. The van der Waals surface area contributed by atoms with Crippen molar-refractivity contribution in [2.24, 2.45) is 5.92 Å². The Labute approximate surface area is 150 Å². The number of hydrogen-bond donors (Lipinski definition) is 0. The summed E-state index contributed by atoms with van der Waals surface area (Å²) in [6.07, 6.45) is 3.10. The van der Waals surface area contributed by atoms with Crippen molar-refractivity contribution in [2.45, 2.75) is 32.2 Å². The molecule has 0 N–H and O–H groups in total. The van der Waals surface area contributed by atoms with Crippen LogP contribution in [0.5, 0.6) is 5.75 Å². The van der Waals surface area contributed by atoms with E-state index in [4.69, 9.17) is 9.47 Å². The summed E-state index contributed by atoms with van der Waals surface area (Å²) >= 11 is 0. The van der Waals surface area contributed by atoms with Gasteiger partial charge >= 0.3 is 0 Å². The lowest BCUT2D eigenvalue weighted by Gasteiger charge is -2.35. The van der Waals surface area contributed by atoms with Gasteiger partial charge in [-0.1, -0.05) is 25.1 Å². The summed E-state index contributed by atoms with van der Waals surface area (Å²) in [5, 5.41) is 0. The van der Waals surface area contributed by atoms with E-state index in [0.717, 1.165) is 44.6 Å². The average Bonchev–Trinajstić information content (AvgIpc) is 2.91. The zero-order valence-electron chi connectivity index (χ0n) is 15.4. The third-order valence-electron chi connectivity index (χ3n) is 5.42. The van der Waals surface area contributed by atoms with Crippen LogP contribution in [0.25, 0.3) is 0 Å². The first-order chi connectivity index (χ1) is 12.2. The zero-order chi connectivity index (χ0) is 17.6. The van der Waals surface area contributed by atoms with Crippen LogP contribution in [0.4, 0.5) is 0 Å². The summed E-state index contributed by atoms with van der Waals surface area (Å²) in [5.74, 6) is 1.44. The van der Waals surface area contributed by atoms with Crippen molar-refractivity contribution >= 4 is 5.91 Å². The Kier molecular flexibility index (Phi) is 6.32. The van der Waals surface area contributed by atoms with Crippen LogP contribution in [0, 0.1) is 5.92 Å². The number of methoxy groups -OCH3 is 1. The Bertz CT molecular complexity index is 578. The Morgan fingerprint density at radius 1 is 1.12 bits per heavy atom. The molecule has 2 bridgehead atoms. The van der Waals surface area contributed by atoms with Crippen molar-refractivity contribution in [3.05, 3.63) is 29.8 Å². The molecule has 1 aromatic carbocycles. The van der Waals surface area contributed by atoms with Crippen LogP contribution in [0.3, 0.4) is 0 Å². The lowest BCUT2D eigenvalue weighted by Crippen LogP contribution is -2.49. The Hall–Kier alpha value is -1.59. The maximum Gasteiger partial charge on any atom is 0.227 e. The predicted molar refractivity (Wildman–Crippen MR) is 97.9 cm³/mol. The second-order valence-corrected chi connectivity index (χ2v) is 7.02. The van der Waals surface area contributed by atoms with Crippen molar-refractivity contribution in [3.8, 4) is 5.75 Å². The second kappa shape index (κ2) is 8.68. The maximum atomic E-state index is 12.6. The first-order valence-corrected chi connectivity index (χ1v) is 9.45. The third kappa shape index (κ3) is 4.33. The van der Waals surface area contributed by atoms with Crippen LogP contribution < -0.4 is 4.74 Å². The first-order valence-electron chi connectivity index (χ1n) is 9.45. The topological polar surface area (TPSA) is 42.0 Å². The summed E-state index contributed by atoms with van der Waals surface area (Å²) in [5.41, 5.74) is 1.25. The van der Waals surface area contributed by atoms with E-state index in [9.17, 15) is 4.79 Å². The van der Waals surface area contributed by atoms with E-state index in [1.807, 2.05) is 17.0 Å². The lowest BCUT2D eigenvalue weighted by molar-refractivity contribution is -0.140. The third-order valence-corrected chi connectivity index (χ3v) is 5.42. The Morgan fingerprint density at radius 2 is 1.96 bits per heavy atom. The molecule has 0 saturated carbocycles. The minimum Gasteiger partial charge on any atom is -0.492 e. The van der Waals surface area contributed by atoms with Gasteiger partial charge in [0.2, 0.25) is 5.91 Å². The van der Waals surface area contributed by atoms with Crippen molar-refractivity contribution in [2.75, 3.05) is 46.5 Å². The predicted octanol–water partition coefficient (Wildman–Crippen LogP) is 2.20. The van der Waals surface area contributed by atoms with E-state index in [2.05, 4.69) is 24.0 Å². The number of piperidine rings is 1. The molecule has 1 aromatic rings. The maximum absolute atomic E-state index is 12.6. The quantitative estimate of drug-likeness (QED) is 0.724. The normalized spacial score (nSPS) is 23.8. The van der Waals surface area contributed by atoms with Gasteiger partial charge in [0.05, 0.1) is 12.5 Å². The first kappa shape index (κ1) is 18.2. The van der Waals surface area contributed by atoms with Crippen molar-refractivity contribution in [1.82, 2.24) is 9.80 Å². The fourth-order valence-corrected chi connectivity index (χ4v) is 4.02. The number of carbonyl (C=O) groups excluding carboxylic acids is 1. The van der Waals surface area contributed by atoms with E-state index in [1.54, 1.807) is 7.11 Å². The highest BCUT2D eigenvalue weighted by molar-refractivity contribution is 5.80. The molecule has 0 aliphatic carbocycles. The van der Waals surface area contributed by atoms with Crippen LogP contribution in [0.2, 0.25) is 0 Å². The molecule has 138 valence electrons. The molecular weight excluding hydrogens is 316 g/mol. The van der Waals surface area contributed by atoms with Gasteiger partial charge < -0.3 is 14.4 Å². The van der Waals surface area contributed by atoms with Gasteiger partial charge in [0.15, 0.2) is 0 Å². The Morgan fingerprint density at radius 3 is 2.76 bits per heavy atom. The summed E-state index contributed by atoms with van der Waals surface area (Å²) in [6, 6.07) is 8.56. The van der Waals surface area contributed by atoms with Crippen LogP contribution in [-0.4, -0.2) is 68.3 Å². The molecule has 0 spiro atoms. The van der Waals surface area contributed by atoms with Crippen LogP contribution in [0.1, 0.15) is 25.3 Å². The number of carbonyl (C=O) groups is 1. The number of amides is 1. The highest BCUT2D eigenvalue weighted by atomic mass is 16.5. The summed E-state index contributed by atoms with van der Waals surface area (Å²) in [4.78, 5) is 17.1. The monoisotopic (exact) mass is 346 g/mol. The van der Waals surface area contributed by atoms with Gasteiger partial charge in [0.1, 0.15) is 12.4 Å². The molecule has 2 atom stereocenters. The molecule has 0 aromatic heterocycles. The molecule has 5 nitrogen and oxygen atoms in total.